The van der Waals surface area contributed by atoms with Gasteiger partial charge in [-0.2, -0.15) is 0 Å². The van der Waals surface area contributed by atoms with Crippen molar-refractivity contribution in [3.63, 3.8) is 0 Å². The van der Waals surface area contributed by atoms with Crippen LogP contribution in [0.4, 0.5) is 68.2 Å². The van der Waals surface area contributed by atoms with Gasteiger partial charge in [0, 0.05) is 90.0 Å². The van der Waals surface area contributed by atoms with Crippen molar-refractivity contribution in [3.05, 3.63) is 443 Å². The Hall–Kier alpha value is -14.7. The maximum Gasteiger partial charge on any atom is 0.252 e. The summed E-state index contributed by atoms with van der Waals surface area (Å²) in [6.07, 6.45) is 0.742. The summed E-state index contributed by atoms with van der Waals surface area (Å²) in [7, 11) is 0. The van der Waals surface area contributed by atoms with Crippen LogP contribution in [0.25, 0.3) is 89.0 Å². The van der Waals surface area contributed by atoms with E-state index < -0.39 is 5.41 Å². The number of rotatable bonds is 15. The fourth-order valence-corrected chi connectivity index (χ4v) is 24.0. The van der Waals surface area contributed by atoms with Gasteiger partial charge in [0.15, 0.2) is 0 Å². The van der Waals surface area contributed by atoms with Crippen molar-refractivity contribution in [2.75, 3.05) is 19.6 Å². The molecule has 0 amide bonds. The van der Waals surface area contributed by atoms with E-state index in [0.29, 0.717) is 0 Å². The first-order valence-corrected chi connectivity index (χ1v) is 53.7. The summed E-state index contributed by atoms with van der Waals surface area (Å²) in [4.78, 5) is 10.8. The highest BCUT2D eigenvalue weighted by Crippen LogP contribution is 2.58. The Labute approximate surface area is 882 Å². The van der Waals surface area contributed by atoms with Gasteiger partial charge in [0.2, 0.25) is 0 Å². The van der Waals surface area contributed by atoms with Crippen molar-refractivity contribution in [2.24, 2.45) is 0 Å². The van der Waals surface area contributed by atoms with E-state index in [0.717, 1.165) is 62.9 Å². The topological polar surface area (TPSA) is 13.0 Å². The maximum atomic E-state index is 2.73. The molecule has 18 aromatic carbocycles. The van der Waals surface area contributed by atoms with Crippen LogP contribution in [-0.2, 0) is 49.7 Å². The summed E-state index contributed by atoms with van der Waals surface area (Å²) in [5.41, 5.74) is 53.2. The Balaban J connectivity index is 0.765. The highest BCUT2D eigenvalue weighted by Gasteiger charge is 2.50. The van der Waals surface area contributed by atoms with E-state index in [1.54, 1.807) is 0 Å². The molecule has 0 fully saturated rings. The molecule has 0 bridgehead atoms. The standard InChI is InChI=1S/C142H140B2N4/c1-90-78-113(95-47-33-28-34-48-95)133(114(79-90)96-62-66-101(67-63-96)135(3,4)5)147-122-75-71-106(140(18,19)20)86-118(122)143-119-87-107(141(21,22)23)72-76-123(119)148(128-61-41-60-127(147)130(128)143)134-115(97-64-68-102(69-65-97)136(6,7)8)80-91(2)81-116(134)98-49-35-42-92(82-98)89-142(24,25)108-73-77-124-120(88-108)144-117-85-105(139(15,16)17)70-74-121(117)145(131-109(93-43-29-26-30-44-93)54-38-56-111(131)99-50-36-52-103(83-99)137(9,10)11)125-58-40-59-126(129(125)144)146(124)132-110(94-45-31-27-32-46-94)55-39-57-112(132)100-51-37-53-104(84-100)138(12,13)14/h26-88H,89H2,1-25H3. The second-order valence-corrected chi connectivity index (χ2v) is 50.5. The van der Waals surface area contributed by atoms with Gasteiger partial charge in [-0.3, -0.25) is 0 Å². The van der Waals surface area contributed by atoms with Gasteiger partial charge in [0.05, 0.1) is 22.7 Å². The van der Waals surface area contributed by atoms with Gasteiger partial charge >= 0.3 is 0 Å². The van der Waals surface area contributed by atoms with Crippen LogP contribution in [-0.4, -0.2) is 13.4 Å². The quantitative estimate of drug-likeness (QED) is 0.0949. The smallest absolute Gasteiger partial charge is 0.252 e. The molecule has 0 aromatic heterocycles. The summed E-state index contributed by atoms with van der Waals surface area (Å²) < 4.78 is 0. The second kappa shape index (κ2) is 36.4. The molecule has 0 N–H and O–H groups in total. The normalized spacial score (nSPS) is 13.5. The summed E-state index contributed by atoms with van der Waals surface area (Å²) in [5.74, 6) is 0. The maximum absolute atomic E-state index is 2.73. The van der Waals surface area contributed by atoms with E-state index in [4.69, 9.17) is 0 Å². The lowest BCUT2D eigenvalue weighted by molar-refractivity contribution is 0.523. The number of anilines is 12. The van der Waals surface area contributed by atoms with Gasteiger partial charge in [-0.1, -0.05) is 469 Å². The molecule has 0 spiro atoms. The average Bonchev–Trinajstić information content (AvgIpc) is 0.690. The molecular formula is C142H140B2N4. The van der Waals surface area contributed by atoms with E-state index >= 15 is 0 Å². The number of para-hydroxylation sites is 2. The first kappa shape index (κ1) is 98.0. The molecule has 0 saturated carbocycles. The second-order valence-electron chi connectivity index (χ2n) is 50.5. The van der Waals surface area contributed by atoms with Gasteiger partial charge < -0.3 is 19.6 Å². The van der Waals surface area contributed by atoms with E-state index in [-0.39, 0.29) is 51.3 Å². The van der Waals surface area contributed by atoms with Gasteiger partial charge in [-0.05, 0) is 275 Å². The minimum atomic E-state index is -0.451. The first-order valence-electron chi connectivity index (χ1n) is 53.7. The molecule has 6 heteroatoms. The monoisotopic (exact) mass is 1920 g/mol. The van der Waals surface area contributed by atoms with Crippen molar-refractivity contribution in [1.82, 2.24) is 0 Å². The molecule has 0 saturated heterocycles. The number of benzene rings is 18. The first-order chi connectivity index (χ1) is 70.4. The zero-order valence-corrected chi connectivity index (χ0v) is 91.5. The highest BCUT2D eigenvalue weighted by molar-refractivity contribution is 7.01. The Morgan fingerprint density at radius 3 is 0.723 bits per heavy atom. The average molecular weight is 1920 g/mol. The fourth-order valence-electron chi connectivity index (χ4n) is 24.0. The predicted octanol–water partition coefficient (Wildman–Crippen LogP) is 35.4. The van der Waals surface area contributed by atoms with Crippen LogP contribution in [0.5, 0.6) is 0 Å². The van der Waals surface area contributed by atoms with Gasteiger partial charge in [0.25, 0.3) is 13.4 Å². The van der Waals surface area contributed by atoms with E-state index in [9.17, 15) is 0 Å². The summed E-state index contributed by atoms with van der Waals surface area (Å²) in [6.45, 7) is 58.7. The van der Waals surface area contributed by atoms with Gasteiger partial charge in [0.1, 0.15) is 0 Å². The molecule has 4 aliphatic heterocycles. The van der Waals surface area contributed by atoms with Crippen molar-refractivity contribution >= 4 is 114 Å². The Kier molecular flexibility index (Phi) is 24.1. The third-order valence-corrected chi connectivity index (χ3v) is 32.2. The van der Waals surface area contributed by atoms with Crippen LogP contribution in [0.1, 0.15) is 220 Å². The molecule has 22 rings (SSSR count). The van der Waals surface area contributed by atoms with Crippen molar-refractivity contribution in [2.45, 2.75) is 223 Å². The molecule has 148 heavy (non-hydrogen) atoms. The predicted molar refractivity (Wildman–Crippen MR) is 642 cm³/mol. The van der Waals surface area contributed by atoms with Crippen molar-refractivity contribution in [3.8, 4) is 89.0 Å². The molecule has 4 heterocycles. The highest BCUT2D eigenvalue weighted by atomic mass is 15.2. The largest absolute Gasteiger partial charge is 0.310 e. The van der Waals surface area contributed by atoms with Crippen LogP contribution >= 0.6 is 0 Å². The lowest BCUT2D eigenvalue weighted by Crippen LogP contribution is -2.61. The zero-order valence-electron chi connectivity index (χ0n) is 91.5. The van der Waals surface area contributed by atoms with E-state index in [1.807, 2.05) is 0 Å². The summed E-state index contributed by atoms with van der Waals surface area (Å²) in [6, 6.07) is 150. The zero-order chi connectivity index (χ0) is 104. The SMILES string of the molecule is Cc1cc(-c2ccccc2)c(N2c3ccc(C(C)(C)C)cc3B3c4cc(C(C)(C)C)ccc4N(c4c(-c5ccc(C(C)(C)C)cc5)cc(C)cc4-c4cccc(CC(C)(C)c5ccc6c(c5)B5c7cc(C(C)(C)C)ccc7N(c7c(-c8ccccc8)cccc7-c7cccc(C(C)(C)C)c7)c7cccc(c75)N6c5c(-c6ccccc6)cccc5-c5cccc(C(C)(C)C)c5)c4)c4cccc2c43)c(-c2ccc(C(C)(C)C)cc2)c1. The van der Waals surface area contributed by atoms with Crippen molar-refractivity contribution in [1.29, 1.82) is 0 Å². The minimum absolute atomic E-state index is 0.0308. The molecule has 0 radical (unpaired) electrons. The van der Waals surface area contributed by atoms with E-state index in [2.05, 4.69) is 575 Å². The van der Waals surface area contributed by atoms with Crippen LogP contribution < -0.4 is 52.4 Å². The fraction of sp³-hybridized carbons (Fsp3) is 0.239. The molecular weight excluding hydrogens is 1780 g/mol. The third kappa shape index (κ3) is 17.6. The summed E-state index contributed by atoms with van der Waals surface area (Å²) >= 11 is 0. The third-order valence-electron chi connectivity index (χ3n) is 32.2. The van der Waals surface area contributed by atoms with Gasteiger partial charge in [-0.15, -0.1) is 0 Å². The Morgan fingerprint density at radius 1 is 0.176 bits per heavy atom. The molecule has 734 valence electrons. The number of aryl methyl sites for hydroxylation is 2. The molecule has 0 aliphatic carbocycles. The molecule has 4 aliphatic rings. The van der Waals surface area contributed by atoms with Gasteiger partial charge in [-0.25, -0.2) is 0 Å². The van der Waals surface area contributed by atoms with Crippen LogP contribution in [0, 0.1) is 13.8 Å². The number of fused-ring (bicyclic) bond motifs is 8. The Bertz CT molecular complexity index is 8240. The number of nitrogens with zero attached hydrogens (tertiary/aromatic N) is 4. The summed E-state index contributed by atoms with van der Waals surface area (Å²) in [5, 5.41) is 0. The Morgan fingerprint density at radius 2 is 0.405 bits per heavy atom. The minimum Gasteiger partial charge on any atom is -0.310 e. The van der Waals surface area contributed by atoms with Crippen LogP contribution in [0.15, 0.2) is 382 Å². The molecule has 0 atom stereocenters. The lowest BCUT2D eigenvalue weighted by atomic mass is 9.33. The van der Waals surface area contributed by atoms with Crippen molar-refractivity contribution < 1.29 is 0 Å². The lowest BCUT2D eigenvalue weighted by Gasteiger charge is -2.46. The van der Waals surface area contributed by atoms with Crippen LogP contribution in [0.3, 0.4) is 0 Å². The molecule has 4 nitrogen and oxygen atoms in total. The number of hydrogen-bond acceptors (Lipinski definition) is 4. The molecule has 18 aromatic rings. The molecule has 0 unspecified atom stereocenters. The van der Waals surface area contributed by atoms with Crippen LogP contribution in [0.2, 0.25) is 0 Å². The van der Waals surface area contributed by atoms with E-state index in [1.165, 1.54) is 195 Å². The number of hydrogen-bond donors (Lipinski definition) is 0.